The number of primary amides is 1. The van der Waals surface area contributed by atoms with Crippen LogP contribution in [-0.4, -0.2) is 246 Å². The second kappa shape index (κ2) is 53.1. The Hall–Kier alpha value is -12.6. The summed E-state index contributed by atoms with van der Waals surface area (Å²) < 4.78 is 30.0. The summed E-state index contributed by atoms with van der Waals surface area (Å²) in [5.41, 5.74) is 17.8. The number of aliphatic hydroxyl groups excluding tert-OH is 1. The Kier molecular flexibility index (Phi) is 41.8. The molecular formula is C89H122N18O21. The van der Waals surface area contributed by atoms with Gasteiger partial charge in [-0.1, -0.05) is 49.4 Å². The van der Waals surface area contributed by atoms with Gasteiger partial charge in [-0.15, -0.1) is 5.10 Å². The van der Waals surface area contributed by atoms with Crippen molar-refractivity contribution in [3.05, 3.63) is 137 Å². The highest BCUT2D eigenvalue weighted by atomic mass is 16.5. The molecular weight excluding hydrogens is 1660 g/mol. The van der Waals surface area contributed by atoms with Gasteiger partial charge in [-0.2, -0.15) is 5.10 Å². The number of aliphatic carboxylic acids is 1. The number of phenols is 1. The van der Waals surface area contributed by atoms with Gasteiger partial charge in [0.05, 0.1) is 102 Å². The Bertz CT molecular complexity index is 4800. The van der Waals surface area contributed by atoms with E-state index < -0.39 is 170 Å². The van der Waals surface area contributed by atoms with E-state index in [0.717, 1.165) is 54.7 Å². The molecule has 128 heavy (non-hydrogen) atoms. The third kappa shape index (κ3) is 34.6. The van der Waals surface area contributed by atoms with Crippen LogP contribution in [0.15, 0.2) is 91.6 Å². The first kappa shape index (κ1) is 101. The number of phenolic OH excluding ortho intramolecular Hbond substituents is 1. The number of imidazole rings is 1. The normalized spacial score (nSPS) is 14.2. The summed E-state index contributed by atoms with van der Waals surface area (Å²) in [6, 6.07) is 13.1. The minimum absolute atomic E-state index is 0.0286. The Morgan fingerprint density at radius 2 is 1.34 bits per heavy atom. The van der Waals surface area contributed by atoms with Gasteiger partial charge < -0.3 is 97.2 Å². The summed E-state index contributed by atoms with van der Waals surface area (Å²) >= 11 is 0. The van der Waals surface area contributed by atoms with E-state index >= 15 is 0 Å². The number of unbranched alkanes of at least 4 members (excludes halogenated alkanes) is 1. The molecule has 0 aliphatic carbocycles. The largest absolute Gasteiger partial charge is 0.508 e. The van der Waals surface area contributed by atoms with Crippen LogP contribution in [0.25, 0.3) is 10.9 Å². The second-order valence-electron chi connectivity index (χ2n) is 32.5. The fourth-order valence-corrected chi connectivity index (χ4v) is 15.3. The Morgan fingerprint density at radius 1 is 0.664 bits per heavy atom. The molecule has 8 rings (SSSR count). The lowest BCUT2D eigenvalue weighted by Gasteiger charge is -2.30. The second-order valence-corrected chi connectivity index (χ2v) is 32.5. The quantitative estimate of drug-likeness (QED) is 0.0112. The molecule has 17 N–H and O–H groups in total. The van der Waals surface area contributed by atoms with Crippen molar-refractivity contribution in [1.29, 1.82) is 5.41 Å². The van der Waals surface area contributed by atoms with Crippen molar-refractivity contribution in [1.82, 2.24) is 76.9 Å². The van der Waals surface area contributed by atoms with Crippen LogP contribution in [0.2, 0.25) is 0 Å². The van der Waals surface area contributed by atoms with E-state index in [9.17, 15) is 77.6 Å². The Labute approximate surface area is 741 Å². The van der Waals surface area contributed by atoms with Crippen molar-refractivity contribution >= 4 is 93.8 Å². The van der Waals surface area contributed by atoms with E-state index in [1.807, 2.05) is 46.0 Å². The third-order valence-electron chi connectivity index (χ3n) is 22.0. The average Bonchev–Trinajstić information content (AvgIpc) is 1.60. The number of aryl methyl sites for hydroxylation is 4. The van der Waals surface area contributed by atoms with Crippen molar-refractivity contribution in [2.24, 2.45) is 41.1 Å². The van der Waals surface area contributed by atoms with Gasteiger partial charge >= 0.3 is 5.97 Å². The van der Waals surface area contributed by atoms with Crippen LogP contribution < -0.4 is 52.8 Å². The molecule has 7 amide bonds. The molecule has 1 saturated heterocycles. The molecule has 39 heteroatoms. The number of aliphatic hydroxyl groups is 1. The summed E-state index contributed by atoms with van der Waals surface area (Å²) in [6.07, 6.45) is 8.71. The number of aromatic amines is 3. The number of hydrogen-bond donors (Lipinski definition) is 15. The molecule has 8 unspecified atom stereocenters. The van der Waals surface area contributed by atoms with Crippen LogP contribution in [0.4, 0.5) is 0 Å². The van der Waals surface area contributed by atoms with Crippen molar-refractivity contribution < 1.29 is 101 Å². The number of carboxylic acid groups (broad SMARTS) is 1. The molecule has 4 aromatic heterocycles. The maximum Gasteiger partial charge on any atom is 0.303 e. The predicted octanol–water partition coefficient (Wildman–Crippen LogP) is 3.44. The first-order valence-corrected chi connectivity index (χ1v) is 43.4. The van der Waals surface area contributed by atoms with Gasteiger partial charge in [0.15, 0.2) is 23.3 Å². The van der Waals surface area contributed by atoms with E-state index in [1.165, 1.54) is 47.3 Å². The van der Waals surface area contributed by atoms with E-state index in [-0.39, 0.29) is 122 Å². The maximum absolute atomic E-state index is 15.0. The van der Waals surface area contributed by atoms with Gasteiger partial charge in [-0.05, 0) is 162 Å². The molecule has 8 atom stereocenters. The van der Waals surface area contributed by atoms with Crippen LogP contribution in [0, 0.1) is 48.8 Å². The van der Waals surface area contributed by atoms with Crippen LogP contribution in [0.1, 0.15) is 155 Å². The number of fused-ring (bicyclic) bond motifs is 1. The molecule has 39 nitrogen and oxygen atoms in total. The molecule has 5 heterocycles. The van der Waals surface area contributed by atoms with Gasteiger partial charge in [-0.25, -0.2) is 9.67 Å². The Morgan fingerprint density at radius 3 is 2.04 bits per heavy atom. The molecule has 1 aliphatic heterocycles. The van der Waals surface area contributed by atoms with Crippen LogP contribution in [0.5, 0.6) is 17.2 Å². The number of Topliss-reactive ketones (excluding diaryl/α,β-unsaturated/α-hetero) is 4. The maximum atomic E-state index is 15.0. The number of amides is 7. The lowest BCUT2D eigenvalue weighted by atomic mass is 9.88. The highest BCUT2D eigenvalue weighted by Crippen LogP contribution is 2.29. The minimum Gasteiger partial charge on any atom is -0.508 e. The molecule has 7 aromatic rings. The van der Waals surface area contributed by atoms with Gasteiger partial charge in [0.1, 0.15) is 41.2 Å². The fraction of sp³-hybridized carbons (Fsp3) is 0.528. The summed E-state index contributed by atoms with van der Waals surface area (Å²) in [4.78, 5) is 189. The third-order valence-corrected chi connectivity index (χ3v) is 22.0. The van der Waals surface area contributed by atoms with Crippen molar-refractivity contribution in [3.8, 4) is 17.2 Å². The number of nitrogens with zero attached hydrogens (tertiary/aromatic N) is 6. The number of ketones is 4. The first-order chi connectivity index (χ1) is 61.5. The number of H-pyrrole nitrogens is 3. The lowest BCUT2D eigenvalue weighted by Crippen LogP contribution is -2.55. The number of aromatic hydroxyl groups is 1. The van der Waals surface area contributed by atoms with E-state index in [4.69, 9.17) is 40.6 Å². The average molecular weight is 1780 g/mol. The number of carboxylic acids is 1. The molecule has 0 bridgehead atoms. The highest BCUT2D eigenvalue weighted by molar-refractivity contribution is 5.99. The number of para-hydroxylation sites is 1. The molecule has 694 valence electrons. The van der Waals surface area contributed by atoms with Crippen LogP contribution in [-0.2, 0) is 122 Å². The lowest BCUT2D eigenvalue weighted by molar-refractivity contribution is -0.142. The first-order valence-electron chi connectivity index (χ1n) is 43.4. The molecule has 1 aliphatic rings. The number of nitrogens with one attached hydrogen (secondary N) is 10. The van der Waals surface area contributed by atoms with Crippen LogP contribution >= 0.6 is 0 Å². The summed E-state index contributed by atoms with van der Waals surface area (Å²) in [6.45, 7) is 8.31. The number of benzene rings is 3. The van der Waals surface area contributed by atoms with Crippen molar-refractivity contribution in [2.75, 3.05) is 79.0 Å². The van der Waals surface area contributed by atoms with E-state index in [0.29, 0.717) is 78.3 Å². The monoisotopic (exact) mass is 1780 g/mol. The highest BCUT2D eigenvalue weighted by Gasteiger charge is 2.40. The number of hydrogen-bond acceptors (Lipinski definition) is 25. The van der Waals surface area contributed by atoms with Gasteiger partial charge in [-0.3, -0.25) is 72.8 Å². The van der Waals surface area contributed by atoms with Gasteiger partial charge in [0.2, 0.25) is 41.4 Å². The van der Waals surface area contributed by atoms with Gasteiger partial charge in [0, 0.05) is 123 Å². The summed E-state index contributed by atoms with van der Waals surface area (Å²) in [7, 11) is 0. The number of carbonyl (C=O) groups excluding carboxylic acids is 12. The minimum atomic E-state index is -1.69. The number of likely N-dealkylation sites (tertiary alicyclic amines) is 1. The van der Waals surface area contributed by atoms with E-state index in [1.54, 1.807) is 41.2 Å². The van der Waals surface area contributed by atoms with E-state index in [2.05, 4.69) is 67.4 Å². The van der Waals surface area contributed by atoms with Crippen molar-refractivity contribution in [3.63, 3.8) is 0 Å². The number of rotatable bonds is 63. The standard InChI is InChI=1S/C89H122N18O21/c1-55(2)36-61(85(120)99-75(17-9-26-94-89(91)92)88(123)107-27-10-18-78(107)87(122)97-50-81(90)115)42-69(112)49-96-83(118)62(37-58-19-22-67(110)23-20-58)43-80(114)77(52-108)101-86(121)63(40-64-47-95-74-16-8-7-14-73(64)74)44-79(113)76(45-66-48-93-53-98-66)100-84(119)60(21-24-82(116)117)41-68(111)25-30-124-32-34-126-35-33-125-31-28-106-51-65(104-105-106)13-6-5-12-59-38-70(46-71(39-59)128-54-109)127-29-11-15-72-56(3)102-103-57(72)4/h7-8,14,16,19-20,22-23,38-39,46-48,51,53-55,60-63,75-78,95,108,110H,5-6,9-13,15,17-18,21,24-37,40-45,49-50,52H2,1-4H3,(H2,90,115)(H,93,98)(H,96,118)(H,97,122)(H,99,120)(H,100,119)(H,101,121)(H,102,103)(H,116,117)(H4,91,92,94). The predicted molar refractivity (Wildman–Crippen MR) is 466 cm³/mol. The summed E-state index contributed by atoms with van der Waals surface area (Å²) in [5.74, 6) is -13.4. The number of ether oxygens (including phenoxy) is 5. The zero-order valence-corrected chi connectivity index (χ0v) is 73.0. The number of nitrogens with two attached hydrogens (primary N) is 2. The molecule has 3 aromatic carbocycles. The summed E-state index contributed by atoms with van der Waals surface area (Å²) in [5, 5.41) is 70.8. The number of guanidine groups is 1. The van der Waals surface area contributed by atoms with Crippen molar-refractivity contribution in [2.45, 2.75) is 193 Å². The molecule has 0 spiro atoms. The topological polar surface area (TPSA) is 584 Å². The zero-order chi connectivity index (χ0) is 92.4. The smallest absolute Gasteiger partial charge is 0.303 e. The molecule has 1 fully saturated rings. The fourth-order valence-electron chi connectivity index (χ4n) is 15.3. The molecule has 0 radical (unpaired) electrons. The SMILES string of the molecule is Cc1n[nH]c(C)c1CCCOc1cc(CCCCc2cn(CCOCCOCCOCCC(=O)CC(CCC(=O)O)C(=O)NC(Cc3c[nH]cn3)C(=O)CC(Cc3c[nH]c4ccccc34)C(=O)NC(CO)C(=O)CC(Cc3ccc(O)cc3)C(=O)NCC(=O)CC(CC(C)C)C(=O)NC(CCCNC(=N)N)C(=O)N3CCCC3C(=O)NCC(N)=O)nn2)cc(OC=O)c1. The Balaban J connectivity index is 0.822. The van der Waals surface area contributed by atoms with Crippen LogP contribution in [0.3, 0.4) is 0 Å². The number of aromatic nitrogens is 8. The zero-order valence-electron chi connectivity index (χ0n) is 73.0. The van der Waals surface area contributed by atoms with Gasteiger partial charge in [0.25, 0.3) is 6.47 Å². The number of carbonyl (C=O) groups is 13. The molecule has 0 saturated carbocycles.